The molecule has 35 heteroatoms. The van der Waals surface area contributed by atoms with Gasteiger partial charge in [-0.1, -0.05) is 121 Å². The van der Waals surface area contributed by atoms with Crippen LogP contribution in [0.1, 0.15) is 98.1 Å². The van der Waals surface area contributed by atoms with Gasteiger partial charge >= 0.3 is 11.9 Å². The summed E-state index contributed by atoms with van der Waals surface area (Å²) in [5, 5.41) is 70.3. The molecule has 0 aliphatic heterocycles. The number of aromatic nitrogens is 1. The van der Waals surface area contributed by atoms with Crippen LogP contribution in [0.15, 0.2) is 85.1 Å². The summed E-state index contributed by atoms with van der Waals surface area (Å²) in [5.41, 5.74) is 26.7. The Morgan fingerprint density at radius 1 is 0.438 bits per heavy atom. The van der Waals surface area contributed by atoms with Gasteiger partial charge < -0.3 is 112 Å². The van der Waals surface area contributed by atoms with Gasteiger partial charge in [-0.3, -0.25) is 67.1 Å². The van der Waals surface area contributed by atoms with E-state index in [1.807, 2.05) is 30.3 Å². The molecule has 576 valence electrons. The zero-order chi connectivity index (χ0) is 78.2. The van der Waals surface area contributed by atoms with Crippen molar-refractivity contribution in [2.75, 3.05) is 39.4 Å². The molecule has 0 saturated heterocycles. The number of aliphatic hydroxyl groups is 2. The van der Waals surface area contributed by atoms with E-state index in [4.69, 9.17) is 22.9 Å². The predicted molar refractivity (Wildman–Crippen MR) is 384 cm³/mol. The second-order valence-electron chi connectivity index (χ2n) is 26.1. The summed E-state index contributed by atoms with van der Waals surface area (Å²) >= 11 is 0. The number of aliphatic hydroxyl groups excluding tert-OH is 2. The third kappa shape index (κ3) is 27.6. The van der Waals surface area contributed by atoms with Crippen LogP contribution >= 0.6 is 0 Å². The van der Waals surface area contributed by atoms with Crippen molar-refractivity contribution in [2.24, 2.45) is 40.7 Å². The van der Waals surface area contributed by atoms with Crippen LogP contribution in [0.4, 0.5) is 0 Å². The third-order valence-corrected chi connectivity index (χ3v) is 17.3. The number of aromatic amines is 1. The van der Waals surface area contributed by atoms with Crippen molar-refractivity contribution < 1.29 is 87.5 Å². The molecule has 13 atom stereocenters. The summed E-state index contributed by atoms with van der Waals surface area (Å²) in [6, 6.07) is 5.09. The Hall–Kier alpha value is -10.5. The summed E-state index contributed by atoms with van der Waals surface area (Å²) in [5.74, 6) is -15.8. The van der Waals surface area contributed by atoms with Gasteiger partial charge in [0, 0.05) is 36.4 Å². The van der Waals surface area contributed by atoms with Crippen LogP contribution in [0, 0.1) is 17.8 Å². The Morgan fingerprint density at radius 2 is 0.867 bits per heavy atom. The van der Waals surface area contributed by atoms with E-state index in [1.54, 1.807) is 96.3 Å². The standard InChI is InChI=1S/C70H103N17O18/c1-8-38(6)58(69(103)77-39(7)70(104)105)87-68(102)57(37(4)5)86-62(96)46(22-23-55(91)92)79-63(97)50(30-40-18-20-42(21-19-40)41-14-10-9-11-15-41)83-61(95)49(26-29-73)80-60(94)48(25-28-72)81-66(100)53(35-89)85-64(98)51(31-43-32-75-45-17-13-12-16-44(43)45)84-65(99)52(34-88)78-54(90)33-76-59(93)47(24-27-71)82-67(101)56(74)36(2)3/h9-21,32,36-39,46-53,56-58,75,88-89H,8,22-31,33-35,71-74H2,1-7H3,(H,76,93)(H,77,103)(H,78,90)(H,79,97)(H,80,94)(H,81,100)(H,82,101)(H,83,95)(H,84,99)(H,85,98)(H,86,96)(H,87,102)(H,91,92)(H,104,105)/t38-,39-,46-,47+,48-,49+,50-,51+,52+,53-,56+,57-,58+/m0/s1. The van der Waals surface area contributed by atoms with Crippen LogP contribution in [0.5, 0.6) is 0 Å². The van der Waals surface area contributed by atoms with Crippen LogP contribution in [-0.4, -0.2) is 220 Å². The number of hydrogen-bond donors (Lipinski definition) is 21. The maximum Gasteiger partial charge on any atom is 0.325 e. The number of nitrogens with two attached hydrogens (primary N) is 4. The zero-order valence-electron chi connectivity index (χ0n) is 60.0. The van der Waals surface area contributed by atoms with E-state index in [1.165, 1.54) is 6.92 Å². The number of para-hydroxylation sites is 1. The lowest BCUT2D eigenvalue weighted by atomic mass is 9.96. The molecule has 12 amide bonds. The smallest absolute Gasteiger partial charge is 0.325 e. The van der Waals surface area contributed by atoms with Crippen molar-refractivity contribution in [2.45, 2.75) is 172 Å². The molecule has 105 heavy (non-hydrogen) atoms. The maximum atomic E-state index is 14.8. The van der Waals surface area contributed by atoms with Crippen molar-refractivity contribution in [3.05, 3.63) is 96.2 Å². The summed E-state index contributed by atoms with van der Waals surface area (Å²) in [6.07, 6.45) is -0.566. The van der Waals surface area contributed by atoms with Gasteiger partial charge in [-0.05, 0) is 98.3 Å². The minimum atomic E-state index is -1.87. The molecule has 35 nitrogen and oxygen atoms in total. The first-order valence-electron chi connectivity index (χ1n) is 34.6. The Bertz CT molecular complexity index is 3620. The molecule has 0 bridgehead atoms. The molecule has 0 radical (unpaired) electrons. The Labute approximate surface area is 607 Å². The molecule has 4 aromatic rings. The second-order valence-corrected chi connectivity index (χ2v) is 26.1. The largest absolute Gasteiger partial charge is 0.481 e. The number of carbonyl (C=O) groups is 14. The molecule has 0 spiro atoms. The lowest BCUT2D eigenvalue weighted by Gasteiger charge is -2.30. The number of benzene rings is 3. The fraction of sp³-hybridized carbons (Fsp3) is 0.514. The molecule has 25 N–H and O–H groups in total. The molecular weight excluding hydrogens is 1370 g/mol. The van der Waals surface area contributed by atoms with Crippen molar-refractivity contribution >= 4 is 93.7 Å². The van der Waals surface area contributed by atoms with Gasteiger partial charge in [0.2, 0.25) is 70.9 Å². The minimum absolute atomic E-state index is 0.0263. The highest BCUT2D eigenvalue weighted by molar-refractivity contribution is 6.00. The molecule has 1 heterocycles. The summed E-state index contributed by atoms with van der Waals surface area (Å²) in [4.78, 5) is 193. The van der Waals surface area contributed by atoms with Gasteiger partial charge in [0.05, 0.1) is 25.8 Å². The van der Waals surface area contributed by atoms with Gasteiger partial charge in [0.1, 0.15) is 66.5 Å². The average molecular weight is 1470 g/mol. The number of carbonyl (C=O) groups excluding carboxylic acids is 12. The van der Waals surface area contributed by atoms with Crippen molar-refractivity contribution in [1.29, 1.82) is 0 Å². The number of amides is 12. The van der Waals surface area contributed by atoms with Crippen LogP contribution < -0.4 is 86.7 Å². The number of carboxylic acid groups (broad SMARTS) is 2. The monoisotopic (exact) mass is 1470 g/mol. The molecule has 0 unspecified atom stereocenters. The van der Waals surface area contributed by atoms with Gasteiger partial charge in [0.25, 0.3) is 0 Å². The minimum Gasteiger partial charge on any atom is -0.481 e. The van der Waals surface area contributed by atoms with E-state index in [2.05, 4.69) is 68.8 Å². The summed E-state index contributed by atoms with van der Waals surface area (Å²) < 4.78 is 0. The highest BCUT2D eigenvalue weighted by Crippen LogP contribution is 2.22. The fourth-order valence-corrected chi connectivity index (χ4v) is 10.7. The number of fused-ring (bicyclic) bond motifs is 1. The maximum absolute atomic E-state index is 14.8. The van der Waals surface area contributed by atoms with Crippen molar-refractivity contribution in [1.82, 2.24) is 68.8 Å². The highest BCUT2D eigenvalue weighted by Gasteiger charge is 2.38. The van der Waals surface area contributed by atoms with Crippen LogP contribution in [0.3, 0.4) is 0 Å². The summed E-state index contributed by atoms with van der Waals surface area (Å²) in [7, 11) is 0. The van der Waals surface area contributed by atoms with E-state index in [-0.39, 0.29) is 57.7 Å². The first-order valence-corrected chi connectivity index (χ1v) is 34.6. The van der Waals surface area contributed by atoms with E-state index in [0.717, 1.165) is 11.1 Å². The number of hydrogen-bond acceptors (Lipinski definition) is 20. The normalized spacial score (nSPS) is 15.0. The quantitative estimate of drug-likeness (QED) is 0.0199. The number of aliphatic carboxylic acids is 2. The number of rotatable bonds is 45. The van der Waals surface area contributed by atoms with Crippen molar-refractivity contribution in [3.63, 3.8) is 0 Å². The second kappa shape index (κ2) is 43.6. The molecule has 0 aliphatic carbocycles. The topological polar surface area (TPSA) is 584 Å². The first kappa shape index (κ1) is 86.9. The Morgan fingerprint density at radius 3 is 1.37 bits per heavy atom. The van der Waals surface area contributed by atoms with E-state index in [0.29, 0.717) is 28.5 Å². The third-order valence-electron chi connectivity index (χ3n) is 17.3. The molecular formula is C70H103N17O18. The molecule has 0 saturated carbocycles. The lowest BCUT2D eigenvalue weighted by molar-refractivity contribution is -0.142. The Balaban J connectivity index is 1.60. The first-order chi connectivity index (χ1) is 49.8. The fourth-order valence-electron chi connectivity index (χ4n) is 10.7. The van der Waals surface area contributed by atoms with Crippen LogP contribution in [-0.2, 0) is 80.0 Å². The zero-order valence-corrected chi connectivity index (χ0v) is 60.0. The molecule has 1 aromatic heterocycles. The average Bonchev–Trinajstić information content (AvgIpc) is 1.69. The lowest BCUT2D eigenvalue weighted by Crippen LogP contribution is -2.62. The van der Waals surface area contributed by atoms with Crippen molar-refractivity contribution in [3.8, 4) is 11.1 Å². The number of H-pyrrole nitrogens is 1. The van der Waals surface area contributed by atoms with Crippen LogP contribution in [0.25, 0.3) is 22.0 Å². The van der Waals surface area contributed by atoms with E-state index in [9.17, 15) is 87.5 Å². The van der Waals surface area contributed by atoms with E-state index >= 15 is 0 Å². The molecule has 3 aromatic carbocycles. The molecule has 0 fully saturated rings. The SMILES string of the molecule is CC[C@H](C)[C@@H](NC(=O)[C@@H](NC(=O)[C@H](CCC(=O)O)NC(=O)[C@H](Cc1ccc(-c2ccccc2)cc1)NC(=O)[C@@H](CCN)NC(=O)[C@H](CCN)NC(=O)[C@H](CO)NC(=O)[C@@H](Cc1c[nH]c2ccccc12)NC(=O)[C@@H](CO)NC(=O)CNC(=O)[C@@H](CCN)NC(=O)[C@H](N)C(C)C)C(C)C)C(=O)N[C@@H](C)C(=O)O. The number of nitrogens with one attached hydrogen (secondary N) is 13. The summed E-state index contributed by atoms with van der Waals surface area (Å²) in [6.45, 7) is 7.69. The van der Waals surface area contributed by atoms with Gasteiger partial charge in [0.15, 0.2) is 0 Å². The molecule has 0 aliphatic rings. The Kier molecular flexibility index (Phi) is 36.1. The highest BCUT2D eigenvalue weighted by atomic mass is 16.4. The van der Waals surface area contributed by atoms with E-state index < -0.39 is 200 Å². The van der Waals surface area contributed by atoms with Gasteiger partial charge in [-0.15, -0.1) is 0 Å². The predicted octanol–water partition coefficient (Wildman–Crippen LogP) is -4.25. The molecule has 4 rings (SSSR count). The van der Waals surface area contributed by atoms with Gasteiger partial charge in [-0.2, -0.15) is 0 Å². The number of carboxylic acids is 2. The van der Waals surface area contributed by atoms with Gasteiger partial charge in [-0.25, -0.2) is 0 Å². The van der Waals surface area contributed by atoms with Crippen LogP contribution in [0.2, 0.25) is 0 Å².